The van der Waals surface area contributed by atoms with E-state index in [1.54, 1.807) is 25.3 Å². The van der Waals surface area contributed by atoms with Gasteiger partial charge < -0.3 is 14.7 Å². The zero-order valence-corrected chi connectivity index (χ0v) is 10.4. The van der Waals surface area contributed by atoms with Gasteiger partial charge >= 0.3 is 0 Å². The second-order valence-electron chi connectivity index (χ2n) is 3.48. The highest BCUT2D eigenvalue weighted by Gasteiger charge is 2.10. The maximum Gasteiger partial charge on any atom is 0.0992 e. The van der Waals surface area contributed by atoms with Gasteiger partial charge in [-0.3, -0.25) is 0 Å². The van der Waals surface area contributed by atoms with Gasteiger partial charge in [0.15, 0.2) is 0 Å². The Hall–Kier alpha value is -1.28. The van der Waals surface area contributed by atoms with Crippen molar-refractivity contribution in [2.24, 2.45) is 0 Å². The Morgan fingerprint density at radius 1 is 1.47 bits per heavy atom. The Labute approximate surface area is 106 Å². The van der Waals surface area contributed by atoms with Crippen molar-refractivity contribution in [2.75, 3.05) is 38.3 Å². The average Bonchev–Trinajstić information content (AvgIpc) is 2.34. The zero-order valence-electron chi connectivity index (χ0n) is 9.69. The van der Waals surface area contributed by atoms with Crippen LogP contribution in [0, 0.1) is 11.3 Å². The molecular weight excluding hydrogens is 240 g/mol. The number of aliphatic hydroxyl groups excluding tert-OH is 1. The molecule has 0 aromatic heterocycles. The fourth-order valence-corrected chi connectivity index (χ4v) is 1.81. The molecule has 0 saturated heterocycles. The Bertz CT molecular complexity index is 404. The van der Waals surface area contributed by atoms with Crippen molar-refractivity contribution in [2.45, 2.75) is 0 Å². The van der Waals surface area contributed by atoms with Gasteiger partial charge in [-0.1, -0.05) is 11.6 Å². The van der Waals surface area contributed by atoms with Gasteiger partial charge in [0.1, 0.15) is 0 Å². The van der Waals surface area contributed by atoms with E-state index in [-0.39, 0.29) is 6.61 Å². The first-order valence-corrected chi connectivity index (χ1v) is 5.65. The third-order valence-electron chi connectivity index (χ3n) is 2.35. The summed E-state index contributed by atoms with van der Waals surface area (Å²) in [4.78, 5) is 1.92. The minimum absolute atomic E-state index is 0.0417. The largest absolute Gasteiger partial charge is 0.395 e. The number of halogens is 1. The molecule has 0 aliphatic carbocycles. The van der Waals surface area contributed by atoms with Gasteiger partial charge in [-0.05, 0) is 18.2 Å². The summed E-state index contributed by atoms with van der Waals surface area (Å²) >= 11 is 6.10. The van der Waals surface area contributed by atoms with Crippen molar-refractivity contribution in [3.8, 4) is 6.07 Å². The van der Waals surface area contributed by atoms with Crippen LogP contribution in [0.5, 0.6) is 0 Å². The molecule has 0 radical (unpaired) electrons. The number of nitrogens with zero attached hydrogens (tertiary/aromatic N) is 2. The van der Waals surface area contributed by atoms with Gasteiger partial charge in [-0.15, -0.1) is 0 Å². The Morgan fingerprint density at radius 3 is 2.76 bits per heavy atom. The summed E-state index contributed by atoms with van der Waals surface area (Å²) in [6.07, 6.45) is 0. The monoisotopic (exact) mass is 254 g/mol. The summed E-state index contributed by atoms with van der Waals surface area (Å²) in [5.74, 6) is 0. The van der Waals surface area contributed by atoms with Crippen molar-refractivity contribution in [3.05, 3.63) is 28.8 Å². The van der Waals surface area contributed by atoms with Crippen LogP contribution < -0.4 is 4.90 Å². The number of anilines is 1. The molecule has 1 aromatic carbocycles. The Morgan fingerprint density at radius 2 is 2.24 bits per heavy atom. The van der Waals surface area contributed by atoms with Crippen LogP contribution in [0.2, 0.25) is 5.02 Å². The van der Waals surface area contributed by atoms with E-state index < -0.39 is 0 Å². The quantitative estimate of drug-likeness (QED) is 0.839. The minimum atomic E-state index is 0.0417. The molecule has 1 N–H and O–H groups in total. The van der Waals surface area contributed by atoms with E-state index in [0.717, 1.165) is 5.69 Å². The van der Waals surface area contributed by atoms with E-state index in [0.29, 0.717) is 30.3 Å². The van der Waals surface area contributed by atoms with Gasteiger partial charge in [0, 0.05) is 20.2 Å². The molecular formula is C12H15ClN2O2. The van der Waals surface area contributed by atoms with E-state index in [1.165, 1.54) is 0 Å². The fourth-order valence-electron chi connectivity index (χ4n) is 1.51. The highest BCUT2D eigenvalue weighted by atomic mass is 35.5. The number of benzene rings is 1. The van der Waals surface area contributed by atoms with E-state index in [2.05, 4.69) is 0 Å². The van der Waals surface area contributed by atoms with E-state index in [1.807, 2.05) is 11.0 Å². The number of nitriles is 1. The van der Waals surface area contributed by atoms with Crippen molar-refractivity contribution in [3.63, 3.8) is 0 Å². The lowest BCUT2D eigenvalue weighted by Crippen LogP contribution is -2.30. The first kappa shape index (κ1) is 13.8. The first-order chi connectivity index (χ1) is 8.22. The molecule has 0 amide bonds. The van der Waals surface area contributed by atoms with E-state index in [9.17, 15) is 0 Å². The van der Waals surface area contributed by atoms with Crippen molar-refractivity contribution in [1.82, 2.24) is 0 Å². The molecule has 0 unspecified atom stereocenters. The molecule has 0 atom stereocenters. The van der Waals surface area contributed by atoms with Gasteiger partial charge in [-0.25, -0.2) is 0 Å². The summed E-state index contributed by atoms with van der Waals surface area (Å²) < 4.78 is 5.01. The number of ether oxygens (including phenoxy) is 1. The SMILES string of the molecule is COCCN(CCO)c1ccc(C#N)cc1Cl. The van der Waals surface area contributed by atoms with Crippen LogP contribution in [0.1, 0.15) is 5.56 Å². The maximum absolute atomic E-state index is 9.01. The van der Waals surface area contributed by atoms with Crippen molar-refractivity contribution >= 4 is 17.3 Å². The standard InChI is InChI=1S/C12H15ClN2O2/c1-17-7-5-15(4-6-16)12-3-2-10(9-14)8-11(12)13/h2-3,8,16H,4-7H2,1H3. The first-order valence-electron chi connectivity index (χ1n) is 5.27. The van der Waals surface area contributed by atoms with Gasteiger partial charge in [0.25, 0.3) is 0 Å². The number of methoxy groups -OCH3 is 1. The molecule has 5 heteroatoms. The molecule has 0 heterocycles. The second-order valence-corrected chi connectivity index (χ2v) is 3.89. The summed E-state index contributed by atoms with van der Waals surface area (Å²) in [6, 6.07) is 7.14. The highest BCUT2D eigenvalue weighted by Crippen LogP contribution is 2.26. The number of hydrogen-bond acceptors (Lipinski definition) is 4. The summed E-state index contributed by atoms with van der Waals surface area (Å²) in [5.41, 5.74) is 1.33. The molecule has 4 nitrogen and oxygen atoms in total. The second kappa shape index (κ2) is 7.13. The molecule has 17 heavy (non-hydrogen) atoms. The van der Waals surface area contributed by atoms with Crippen LogP contribution in [-0.4, -0.2) is 38.5 Å². The van der Waals surface area contributed by atoms with Crippen LogP contribution in [0.15, 0.2) is 18.2 Å². The van der Waals surface area contributed by atoms with Gasteiger partial charge in [-0.2, -0.15) is 5.26 Å². The van der Waals surface area contributed by atoms with Crippen LogP contribution in [0.3, 0.4) is 0 Å². The lowest BCUT2D eigenvalue weighted by molar-refractivity contribution is 0.203. The number of rotatable bonds is 6. The third-order valence-corrected chi connectivity index (χ3v) is 2.66. The Kier molecular flexibility index (Phi) is 5.78. The lowest BCUT2D eigenvalue weighted by atomic mass is 10.2. The van der Waals surface area contributed by atoms with Crippen LogP contribution >= 0.6 is 11.6 Å². The van der Waals surface area contributed by atoms with E-state index >= 15 is 0 Å². The smallest absolute Gasteiger partial charge is 0.0992 e. The van der Waals surface area contributed by atoms with Gasteiger partial charge in [0.05, 0.1) is 35.6 Å². The lowest BCUT2D eigenvalue weighted by Gasteiger charge is -2.24. The topological polar surface area (TPSA) is 56.5 Å². The van der Waals surface area contributed by atoms with Crippen LogP contribution in [0.25, 0.3) is 0 Å². The third kappa shape index (κ3) is 3.90. The van der Waals surface area contributed by atoms with Gasteiger partial charge in [0.2, 0.25) is 0 Å². The fraction of sp³-hybridized carbons (Fsp3) is 0.417. The van der Waals surface area contributed by atoms with Crippen molar-refractivity contribution < 1.29 is 9.84 Å². The molecule has 0 aliphatic heterocycles. The molecule has 0 bridgehead atoms. The average molecular weight is 255 g/mol. The predicted molar refractivity (Wildman–Crippen MR) is 67.3 cm³/mol. The zero-order chi connectivity index (χ0) is 12.7. The Balaban J connectivity index is 2.89. The maximum atomic E-state index is 9.01. The minimum Gasteiger partial charge on any atom is -0.395 e. The normalized spacial score (nSPS) is 10.0. The molecule has 92 valence electrons. The van der Waals surface area contributed by atoms with E-state index in [4.69, 9.17) is 26.7 Å². The van der Waals surface area contributed by atoms with Crippen LogP contribution in [-0.2, 0) is 4.74 Å². The summed E-state index contributed by atoms with van der Waals surface area (Å²) in [5, 5.41) is 18.3. The summed E-state index contributed by atoms with van der Waals surface area (Å²) in [6.45, 7) is 1.72. The molecule has 0 saturated carbocycles. The molecule has 0 fully saturated rings. The molecule has 1 rings (SSSR count). The van der Waals surface area contributed by atoms with Crippen molar-refractivity contribution in [1.29, 1.82) is 5.26 Å². The predicted octanol–water partition coefficient (Wildman–Crippen LogP) is 1.66. The number of aliphatic hydroxyl groups is 1. The highest BCUT2D eigenvalue weighted by molar-refractivity contribution is 6.33. The van der Waals surface area contributed by atoms with Crippen LogP contribution in [0.4, 0.5) is 5.69 Å². The molecule has 0 spiro atoms. The molecule has 0 aliphatic rings. The molecule has 1 aromatic rings. The number of hydrogen-bond donors (Lipinski definition) is 1. The summed E-state index contributed by atoms with van der Waals surface area (Å²) in [7, 11) is 1.62.